The normalized spacial score (nSPS) is 11.0. The molecule has 0 saturated carbocycles. The van der Waals surface area contributed by atoms with E-state index >= 15 is 0 Å². The molecule has 0 saturated heterocycles. The van der Waals surface area contributed by atoms with Crippen LogP contribution in [0, 0.1) is 0 Å². The van der Waals surface area contributed by atoms with Gasteiger partial charge in [0, 0.05) is 31.3 Å². The first-order valence-electron chi connectivity index (χ1n) is 8.47. The standard InChI is InChI=1S/C18H22N6O/c1-3-15(4-2)24-9-7-16(22-24)18(25)21-12-14-5-6-17(20-11-14)23-10-8-19-13-23/h5-11,13,15H,3-4,12H2,1-2H3,(H,21,25). The van der Waals surface area contributed by atoms with Crippen LogP contribution in [0.1, 0.15) is 48.8 Å². The second-order valence-corrected chi connectivity index (χ2v) is 5.83. The summed E-state index contributed by atoms with van der Waals surface area (Å²) in [5, 5.41) is 7.27. The lowest BCUT2D eigenvalue weighted by atomic mass is 10.2. The summed E-state index contributed by atoms with van der Waals surface area (Å²) in [6.45, 7) is 4.65. The summed E-state index contributed by atoms with van der Waals surface area (Å²) < 4.78 is 3.70. The Hall–Kier alpha value is -2.96. The fraction of sp³-hybridized carbons (Fsp3) is 0.333. The molecule has 0 aliphatic carbocycles. The maximum atomic E-state index is 12.3. The summed E-state index contributed by atoms with van der Waals surface area (Å²) in [6.07, 6.45) is 10.8. The molecule has 3 heterocycles. The zero-order chi connectivity index (χ0) is 17.6. The Morgan fingerprint density at radius 1 is 1.20 bits per heavy atom. The molecule has 0 unspecified atom stereocenters. The molecule has 0 aromatic carbocycles. The third kappa shape index (κ3) is 3.93. The smallest absolute Gasteiger partial charge is 0.272 e. The molecule has 3 aromatic rings. The first-order valence-corrected chi connectivity index (χ1v) is 8.47. The van der Waals surface area contributed by atoms with Crippen molar-refractivity contribution in [2.45, 2.75) is 39.3 Å². The number of carbonyl (C=O) groups excluding carboxylic acids is 1. The molecule has 0 fully saturated rings. The SMILES string of the molecule is CCC(CC)n1ccc(C(=O)NCc2ccc(-n3ccnc3)nc2)n1. The number of amides is 1. The third-order valence-electron chi connectivity index (χ3n) is 4.19. The maximum absolute atomic E-state index is 12.3. The van der Waals surface area contributed by atoms with E-state index in [1.807, 2.05) is 33.8 Å². The van der Waals surface area contributed by atoms with Crippen molar-refractivity contribution < 1.29 is 4.79 Å². The number of pyridine rings is 1. The van der Waals surface area contributed by atoms with Gasteiger partial charge in [-0.2, -0.15) is 5.10 Å². The first-order chi connectivity index (χ1) is 12.2. The van der Waals surface area contributed by atoms with E-state index in [1.54, 1.807) is 24.8 Å². The lowest BCUT2D eigenvalue weighted by molar-refractivity contribution is 0.0944. The molecule has 130 valence electrons. The van der Waals surface area contributed by atoms with Crippen LogP contribution in [-0.4, -0.2) is 30.2 Å². The van der Waals surface area contributed by atoms with Crippen molar-refractivity contribution in [1.82, 2.24) is 29.6 Å². The number of aromatic nitrogens is 5. The van der Waals surface area contributed by atoms with Crippen LogP contribution in [0.15, 0.2) is 49.3 Å². The number of imidazole rings is 1. The number of nitrogens with one attached hydrogen (secondary N) is 1. The molecule has 0 atom stereocenters. The number of hydrogen-bond donors (Lipinski definition) is 1. The molecule has 7 heteroatoms. The minimum atomic E-state index is -0.177. The summed E-state index contributed by atoms with van der Waals surface area (Å²) in [6, 6.07) is 5.92. The van der Waals surface area contributed by atoms with E-state index in [9.17, 15) is 4.79 Å². The molecule has 0 aliphatic rings. The largest absolute Gasteiger partial charge is 0.347 e. The van der Waals surface area contributed by atoms with E-state index in [4.69, 9.17) is 0 Å². The van der Waals surface area contributed by atoms with Crippen molar-refractivity contribution in [2.75, 3.05) is 0 Å². The monoisotopic (exact) mass is 338 g/mol. The van der Waals surface area contributed by atoms with E-state index in [-0.39, 0.29) is 5.91 Å². The average Bonchev–Trinajstić information content (AvgIpc) is 3.33. The van der Waals surface area contributed by atoms with Crippen LogP contribution in [0.5, 0.6) is 0 Å². The van der Waals surface area contributed by atoms with E-state index < -0.39 is 0 Å². The second-order valence-electron chi connectivity index (χ2n) is 5.83. The van der Waals surface area contributed by atoms with Gasteiger partial charge in [-0.15, -0.1) is 0 Å². The van der Waals surface area contributed by atoms with Crippen LogP contribution in [0.25, 0.3) is 5.82 Å². The van der Waals surface area contributed by atoms with Crippen molar-refractivity contribution in [1.29, 1.82) is 0 Å². The topological polar surface area (TPSA) is 77.6 Å². The predicted molar refractivity (Wildman–Crippen MR) is 94.4 cm³/mol. The fourth-order valence-corrected chi connectivity index (χ4v) is 2.67. The molecular formula is C18H22N6O. The minimum Gasteiger partial charge on any atom is -0.347 e. The maximum Gasteiger partial charge on any atom is 0.272 e. The highest BCUT2D eigenvalue weighted by Gasteiger charge is 2.13. The molecule has 25 heavy (non-hydrogen) atoms. The van der Waals surface area contributed by atoms with Gasteiger partial charge in [0.15, 0.2) is 0 Å². The molecule has 1 amide bonds. The van der Waals surface area contributed by atoms with Gasteiger partial charge < -0.3 is 5.32 Å². The number of carbonyl (C=O) groups is 1. The van der Waals surface area contributed by atoms with Crippen molar-refractivity contribution >= 4 is 5.91 Å². The van der Waals surface area contributed by atoms with Crippen LogP contribution in [0.4, 0.5) is 0 Å². The zero-order valence-corrected chi connectivity index (χ0v) is 14.5. The van der Waals surface area contributed by atoms with Crippen LogP contribution in [0.3, 0.4) is 0 Å². The molecule has 3 rings (SSSR count). The van der Waals surface area contributed by atoms with Crippen molar-refractivity contribution in [3.05, 3.63) is 60.6 Å². The highest BCUT2D eigenvalue weighted by Crippen LogP contribution is 2.14. The van der Waals surface area contributed by atoms with Gasteiger partial charge in [-0.1, -0.05) is 19.9 Å². The fourth-order valence-electron chi connectivity index (χ4n) is 2.67. The molecule has 0 aliphatic heterocycles. The van der Waals surface area contributed by atoms with Gasteiger partial charge in [0.1, 0.15) is 17.8 Å². The van der Waals surface area contributed by atoms with Gasteiger partial charge in [-0.25, -0.2) is 9.97 Å². The lowest BCUT2D eigenvalue weighted by Crippen LogP contribution is -2.23. The van der Waals surface area contributed by atoms with Gasteiger partial charge in [0.2, 0.25) is 0 Å². The minimum absolute atomic E-state index is 0.177. The first kappa shape index (κ1) is 16.9. The van der Waals surface area contributed by atoms with Gasteiger partial charge in [-0.05, 0) is 30.5 Å². The number of hydrogen-bond acceptors (Lipinski definition) is 4. The van der Waals surface area contributed by atoms with Crippen molar-refractivity contribution in [3.8, 4) is 5.82 Å². The summed E-state index contributed by atoms with van der Waals surface area (Å²) >= 11 is 0. The summed E-state index contributed by atoms with van der Waals surface area (Å²) in [5.41, 5.74) is 1.37. The Labute approximate surface area is 146 Å². The van der Waals surface area contributed by atoms with Crippen LogP contribution < -0.4 is 5.32 Å². The van der Waals surface area contributed by atoms with Gasteiger partial charge in [0.25, 0.3) is 5.91 Å². The summed E-state index contributed by atoms with van der Waals surface area (Å²) in [7, 11) is 0. The molecule has 0 spiro atoms. The van der Waals surface area contributed by atoms with Crippen molar-refractivity contribution in [3.63, 3.8) is 0 Å². The van der Waals surface area contributed by atoms with Gasteiger partial charge in [0.05, 0.1) is 6.04 Å². The third-order valence-corrected chi connectivity index (χ3v) is 4.19. The van der Waals surface area contributed by atoms with E-state index in [1.165, 1.54) is 0 Å². The van der Waals surface area contributed by atoms with Gasteiger partial charge in [-0.3, -0.25) is 14.0 Å². The number of rotatable bonds is 7. The van der Waals surface area contributed by atoms with Crippen molar-refractivity contribution in [2.24, 2.45) is 0 Å². The van der Waals surface area contributed by atoms with E-state index in [0.29, 0.717) is 18.3 Å². The average molecular weight is 338 g/mol. The van der Waals surface area contributed by atoms with E-state index in [0.717, 1.165) is 24.2 Å². The highest BCUT2D eigenvalue weighted by molar-refractivity contribution is 5.92. The molecule has 3 aromatic heterocycles. The summed E-state index contributed by atoms with van der Waals surface area (Å²) in [4.78, 5) is 20.6. The lowest BCUT2D eigenvalue weighted by Gasteiger charge is -2.12. The number of nitrogens with zero attached hydrogens (tertiary/aromatic N) is 5. The van der Waals surface area contributed by atoms with Crippen LogP contribution in [0.2, 0.25) is 0 Å². The molecule has 7 nitrogen and oxygen atoms in total. The second kappa shape index (κ2) is 7.74. The Balaban J connectivity index is 1.59. The molecule has 0 radical (unpaired) electrons. The van der Waals surface area contributed by atoms with E-state index in [2.05, 4.69) is 34.2 Å². The Morgan fingerprint density at radius 2 is 2.04 bits per heavy atom. The van der Waals surface area contributed by atoms with Gasteiger partial charge >= 0.3 is 0 Å². The quantitative estimate of drug-likeness (QED) is 0.718. The molecule has 1 N–H and O–H groups in total. The molecule has 0 bridgehead atoms. The highest BCUT2D eigenvalue weighted by atomic mass is 16.1. The molecular weight excluding hydrogens is 316 g/mol. The Bertz CT molecular complexity index is 802. The summed E-state index contributed by atoms with van der Waals surface area (Å²) in [5.74, 6) is 0.611. The van der Waals surface area contributed by atoms with Crippen LogP contribution >= 0.6 is 0 Å². The van der Waals surface area contributed by atoms with Crippen LogP contribution in [-0.2, 0) is 6.54 Å². The predicted octanol–water partition coefficient (Wildman–Crippen LogP) is 2.75. The zero-order valence-electron chi connectivity index (χ0n) is 14.5. The Morgan fingerprint density at radius 3 is 2.68 bits per heavy atom. The Kier molecular flexibility index (Phi) is 5.23.